The molecule has 0 aromatic carbocycles. The van der Waals surface area contributed by atoms with Crippen LogP contribution in [0.5, 0.6) is 0 Å². The minimum Gasteiger partial charge on any atom is -0.481 e. The van der Waals surface area contributed by atoms with Gasteiger partial charge in [0.25, 0.3) is 0 Å². The Balaban J connectivity index is 2.05. The van der Waals surface area contributed by atoms with Crippen LogP contribution in [0, 0.1) is 28.1 Å². The minimum atomic E-state index is -1.12. The fourth-order valence-corrected chi connectivity index (χ4v) is 5.49. The van der Waals surface area contributed by atoms with E-state index in [0.29, 0.717) is 0 Å². The Morgan fingerprint density at radius 2 is 1.92 bits per heavy atom. The monoisotopic (exact) mass is 335 g/mol. The number of carbonyl (C=O) groups excluding carboxylic acids is 1. The topological polar surface area (TPSA) is 66.8 Å². The molecule has 2 fully saturated rings. The van der Waals surface area contributed by atoms with Crippen LogP contribution in [0.15, 0.2) is 12.2 Å². The van der Waals surface area contributed by atoms with Crippen molar-refractivity contribution in [3.63, 3.8) is 0 Å². The van der Waals surface area contributed by atoms with Crippen molar-refractivity contribution in [2.45, 2.75) is 53.4 Å². The first kappa shape index (κ1) is 17.5. The number of hydrogen-bond donors (Lipinski definition) is 1. The number of rotatable bonds is 4. The van der Waals surface area contributed by atoms with Crippen molar-refractivity contribution in [2.24, 2.45) is 28.1 Å². The van der Waals surface area contributed by atoms with Crippen molar-refractivity contribution < 1.29 is 19.5 Å². The number of carboxylic acids is 1. The lowest BCUT2D eigenvalue weighted by Crippen LogP contribution is -2.56. The molecule has 0 aromatic rings. The summed E-state index contributed by atoms with van der Waals surface area (Å²) in [7, 11) is 0. The van der Waals surface area contributed by atoms with Crippen LogP contribution in [0.1, 0.15) is 53.4 Å². The van der Waals surface area contributed by atoms with Crippen LogP contribution in [0.3, 0.4) is 0 Å². The Morgan fingerprint density at radius 3 is 2.42 bits per heavy atom. The molecule has 0 amide bonds. The average molecular weight is 335 g/mol. The third kappa shape index (κ3) is 2.17. The van der Waals surface area contributed by atoms with Crippen LogP contribution in [-0.2, 0) is 14.4 Å². The summed E-state index contributed by atoms with van der Waals surface area (Å²) in [5, 5.41) is 12.0. The number of carboxylic acid groups (broad SMARTS) is 1. The molecule has 5 heteroatoms. The molecule has 3 aliphatic rings. The van der Waals surface area contributed by atoms with Crippen LogP contribution in [0.2, 0.25) is 0 Å². The van der Waals surface area contributed by atoms with Crippen molar-refractivity contribution in [2.75, 3.05) is 13.1 Å². The van der Waals surface area contributed by atoms with E-state index in [9.17, 15) is 14.7 Å². The Morgan fingerprint density at radius 1 is 1.29 bits per heavy atom. The standard InChI is InChI=1S/C19H29NO4/c1-5-18-9-8-13(12-18)19(16(22)23,17(2,3)4)14(18)15(21)24-20-10-6-7-11-20/h8-9,13-14H,5-7,10-12H2,1-4H3,(H,22,23). The zero-order valence-corrected chi connectivity index (χ0v) is 15.2. The normalized spacial score (nSPS) is 38.7. The molecule has 134 valence electrons. The highest BCUT2D eigenvalue weighted by Crippen LogP contribution is 2.70. The summed E-state index contributed by atoms with van der Waals surface area (Å²) in [4.78, 5) is 31.3. The van der Waals surface area contributed by atoms with E-state index < -0.39 is 28.1 Å². The average Bonchev–Trinajstić information content (AvgIpc) is 3.19. The van der Waals surface area contributed by atoms with E-state index >= 15 is 0 Å². The predicted molar refractivity (Wildman–Crippen MR) is 89.9 cm³/mol. The summed E-state index contributed by atoms with van der Waals surface area (Å²) in [6.45, 7) is 9.35. The molecule has 0 radical (unpaired) electrons. The van der Waals surface area contributed by atoms with Gasteiger partial charge in [0.2, 0.25) is 0 Å². The Hall–Kier alpha value is -1.36. The van der Waals surface area contributed by atoms with Gasteiger partial charge in [-0.3, -0.25) is 4.79 Å². The fraction of sp³-hybridized carbons (Fsp3) is 0.789. The van der Waals surface area contributed by atoms with Crippen LogP contribution in [-0.4, -0.2) is 35.2 Å². The molecular formula is C19H29NO4. The van der Waals surface area contributed by atoms with Gasteiger partial charge in [0.15, 0.2) is 0 Å². The summed E-state index contributed by atoms with van der Waals surface area (Å²) < 4.78 is 0. The predicted octanol–water partition coefficient (Wildman–Crippen LogP) is 3.26. The van der Waals surface area contributed by atoms with Crippen LogP contribution >= 0.6 is 0 Å². The molecule has 2 aliphatic carbocycles. The summed E-state index contributed by atoms with van der Waals surface area (Å²) >= 11 is 0. The number of nitrogens with zero attached hydrogens (tertiary/aromatic N) is 1. The molecule has 1 heterocycles. The first-order valence-corrected chi connectivity index (χ1v) is 9.08. The molecule has 0 spiro atoms. The lowest BCUT2D eigenvalue weighted by atomic mass is 9.53. The molecule has 1 aliphatic heterocycles. The van der Waals surface area contributed by atoms with Crippen molar-refractivity contribution in [3.05, 3.63) is 12.2 Å². The maximum absolute atomic E-state index is 13.2. The fourth-order valence-electron chi connectivity index (χ4n) is 5.49. The van der Waals surface area contributed by atoms with Gasteiger partial charge in [0.05, 0.1) is 11.3 Å². The van der Waals surface area contributed by atoms with Crippen molar-refractivity contribution in [3.8, 4) is 0 Å². The van der Waals surface area contributed by atoms with Crippen LogP contribution in [0.4, 0.5) is 0 Å². The summed E-state index contributed by atoms with van der Waals surface area (Å²) in [6, 6.07) is 0. The third-order valence-corrected chi connectivity index (χ3v) is 6.65. The first-order chi connectivity index (χ1) is 11.2. The molecule has 2 bridgehead atoms. The van der Waals surface area contributed by atoms with Gasteiger partial charge in [-0.15, -0.1) is 5.06 Å². The molecule has 0 aromatic heterocycles. The zero-order chi connectivity index (χ0) is 17.8. The lowest BCUT2D eigenvalue weighted by Gasteiger charge is -2.48. The maximum atomic E-state index is 13.2. The van der Waals surface area contributed by atoms with Gasteiger partial charge in [0.1, 0.15) is 0 Å². The van der Waals surface area contributed by atoms with E-state index in [-0.39, 0.29) is 11.9 Å². The van der Waals surface area contributed by atoms with Crippen LogP contribution in [0.25, 0.3) is 0 Å². The number of hydrogen-bond acceptors (Lipinski definition) is 4. The van der Waals surface area contributed by atoms with E-state index in [4.69, 9.17) is 4.84 Å². The number of fused-ring (bicyclic) bond motifs is 2. The molecule has 1 saturated carbocycles. The van der Waals surface area contributed by atoms with Gasteiger partial charge in [-0.05, 0) is 37.0 Å². The summed E-state index contributed by atoms with van der Waals surface area (Å²) in [5.41, 5.74) is -2.05. The van der Waals surface area contributed by atoms with Gasteiger partial charge in [-0.2, -0.15) is 0 Å². The number of hydroxylamine groups is 2. The highest BCUT2D eigenvalue weighted by molar-refractivity contribution is 5.88. The highest BCUT2D eigenvalue weighted by Gasteiger charge is 2.73. The molecule has 1 saturated heterocycles. The number of allylic oxidation sites excluding steroid dienone is 2. The van der Waals surface area contributed by atoms with E-state index in [0.717, 1.165) is 38.8 Å². The molecule has 3 rings (SSSR count). The second-order valence-corrected chi connectivity index (χ2v) is 8.66. The Labute approximate surface area is 144 Å². The first-order valence-electron chi connectivity index (χ1n) is 9.08. The number of aliphatic carboxylic acids is 1. The summed E-state index contributed by atoms with van der Waals surface area (Å²) in [5.74, 6) is -1.99. The van der Waals surface area contributed by atoms with E-state index in [1.54, 1.807) is 5.06 Å². The van der Waals surface area contributed by atoms with Gasteiger partial charge >= 0.3 is 11.9 Å². The van der Waals surface area contributed by atoms with Crippen molar-refractivity contribution in [1.29, 1.82) is 0 Å². The van der Waals surface area contributed by atoms with E-state index in [1.165, 1.54) is 0 Å². The second-order valence-electron chi connectivity index (χ2n) is 8.66. The summed E-state index contributed by atoms with van der Waals surface area (Å²) in [6.07, 6.45) is 7.63. The molecule has 4 unspecified atom stereocenters. The smallest absolute Gasteiger partial charge is 0.330 e. The van der Waals surface area contributed by atoms with Crippen molar-refractivity contribution >= 4 is 11.9 Å². The quantitative estimate of drug-likeness (QED) is 0.799. The Kier molecular flexibility index (Phi) is 4.06. The maximum Gasteiger partial charge on any atom is 0.330 e. The third-order valence-electron chi connectivity index (χ3n) is 6.65. The van der Waals surface area contributed by atoms with Crippen molar-refractivity contribution in [1.82, 2.24) is 5.06 Å². The molecular weight excluding hydrogens is 306 g/mol. The largest absolute Gasteiger partial charge is 0.481 e. The molecule has 1 N–H and O–H groups in total. The SMILES string of the molecule is CCC12C=CC(C1)C(C(=O)O)(C(C)(C)C)C2C(=O)ON1CCCC1. The van der Waals surface area contributed by atoms with E-state index in [1.807, 2.05) is 33.8 Å². The minimum absolute atomic E-state index is 0.119. The molecule has 24 heavy (non-hydrogen) atoms. The van der Waals surface area contributed by atoms with Crippen LogP contribution < -0.4 is 0 Å². The molecule has 5 nitrogen and oxygen atoms in total. The van der Waals surface area contributed by atoms with Gasteiger partial charge in [-0.1, -0.05) is 39.8 Å². The highest BCUT2D eigenvalue weighted by atomic mass is 16.7. The second kappa shape index (κ2) is 5.58. The van der Waals surface area contributed by atoms with Gasteiger partial charge in [-0.25, -0.2) is 4.79 Å². The Bertz CT molecular complexity index is 572. The molecule has 4 atom stereocenters. The lowest BCUT2D eigenvalue weighted by molar-refractivity contribution is -0.207. The van der Waals surface area contributed by atoms with E-state index in [2.05, 4.69) is 6.08 Å². The zero-order valence-electron chi connectivity index (χ0n) is 15.2. The number of carbonyl (C=O) groups is 2. The van der Waals surface area contributed by atoms with Gasteiger partial charge in [0, 0.05) is 18.5 Å². The van der Waals surface area contributed by atoms with Gasteiger partial charge < -0.3 is 9.94 Å².